The summed E-state index contributed by atoms with van der Waals surface area (Å²) in [6, 6.07) is 5.17. The zero-order valence-electron chi connectivity index (χ0n) is 14.7. The maximum Gasteiger partial charge on any atom is 0.166 e. The van der Waals surface area contributed by atoms with Crippen molar-refractivity contribution in [1.82, 2.24) is 19.9 Å². The lowest BCUT2D eigenvalue weighted by Crippen LogP contribution is -2.35. The second kappa shape index (κ2) is 6.86. The normalized spacial score (nSPS) is 19.9. The molecule has 4 rings (SSSR count). The molecular weight excluding hydrogens is 352 g/mol. The minimum Gasteiger partial charge on any atom is -0.491 e. The van der Waals surface area contributed by atoms with Crippen LogP contribution in [0.3, 0.4) is 0 Å². The van der Waals surface area contributed by atoms with Gasteiger partial charge in [0, 0.05) is 17.5 Å². The molecule has 0 radical (unpaired) electrons. The number of nitrogens with zero attached hydrogens (tertiary/aromatic N) is 3. The van der Waals surface area contributed by atoms with Crippen LogP contribution in [0.2, 0.25) is 0 Å². The fraction of sp³-hybridized carbons (Fsp3) is 0.263. The molecule has 1 aliphatic rings. The van der Waals surface area contributed by atoms with E-state index in [0.29, 0.717) is 34.0 Å². The highest BCUT2D eigenvalue weighted by molar-refractivity contribution is 5.74. The van der Waals surface area contributed by atoms with Crippen molar-refractivity contribution in [1.29, 1.82) is 0 Å². The molecule has 6 nitrogen and oxygen atoms in total. The van der Waals surface area contributed by atoms with Crippen LogP contribution >= 0.6 is 0 Å². The Morgan fingerprint density at radius 3 is 3.00 bits per heavy atom. The predicted molar refractivity (Wildman–Crippen MR) is 98.9 cm³/mol. The minimum absolute atomic E-state index is 0.0658. The monoisotopic (exact) mass is 371 g/mol. The second-order valence-electron chi connectivity index (χ2n) is 6.47. The Hall–Kier alpha value is -3.16. The molecule has 0 amide bonds. The maximum atomic E-state index is 13.8. The molecule has 2 aromatic heterocycles. The van der Waals surface area contributed by atoms with E-state index in [1.54, 1.807) is 29.0 Å². The summed E-state index contributed by atoms with van der Waals surface area (Å²) < 4.78 is 34.7. The first-order valence-electron chi connectivity index (χ1n) is 8.60. The van der Waals surface area contributed by atoms with E-state index in [-0.39, 0.29) is 18.5 Å². The summed E-state index contributed by atoms with van der Waals surface area (Å²) in [4.78, 5) is 4.59. The van der Waals surface area contributed by atoms with Gasteiger partial charge in [0.25, 0.3) is 0 Å². The van der Waals surface area contributed by atoms with Gasteiger partial charge in [0.15, 0.2) is 5.65 Å². The number of anilines is 1. The summed E-state index contributed by atoms with van der Waals surface area (Å²) in [6.45, 7) is 5.29. The van der Waals surface area contributed by atoms with Crippen molar-refractivity contribution in [3.05, 3.63) is 60.2 Å². The third kappa shape index (κ3) is 3.30. The third-order valence-corrected chi connectivity index (χ3v) is 4.50. The Balaban J connectivity index is 1.82. The molecule has 0 aliphatic carbocycles. The molecule has 8 heteroatoms. The van der Waals surface area contributed by atoms with E-state index in [1.165, 1.54) is 12.1 Å². The molecule has 1 aromatic carbocycles. The Labute approximate surface area is 154 Å². The predicted octanol–water partition coefficient (Wildman–Crippen LogP) is 3.33. The molecule has 3 heterocycles. The largest absolute Gasteiger partial charge is 0.491 e. The number of benzene rings is 1. The molecule has 0 unspecified atom stereocenters. The van der Waals surface area contributed by atoms with Crippen LogP contribution in [-0.4, -0.2) is 33.9 Å². The highest BCUT2D eigenvalue weighted by atomic mass is 19.1. The quantitative estimate of drug-likeness (QED) is 0.687. The van der Waals surface area contributed by atoms with E-state index in [2.05, 4.69) is 27.3 Å². The molecule has 0 fully saturated rings. The van der Waals surface area contributed by atoms with Gasteiger partial charge in [0.05, 0.1) is 23.8 Å². The number of fused-ring (bicyclic) bond motifs is 2. The van der Waals surface area contributed by atoms with Crippen LogP contribution in [0.15, 0.2) is 43.2 Å². The average molecular weight is 371 g/mol. The maximum absolute atomic E-state index is 13.8. The number of hydrogen-bond donors (Lipinski definition) is 2. The Morgan fingerprint density at radius 1 is 1.33 bits per heavy atom. The van der Waals surface area contributed by atoms with Gasteiger partial charge in [-0.05, 0) is 31.2 Å². The lowest BCUT2D eigenvalue weighted by molar-refractivity contribution is 0.245. The van der Waals surface area contributed by atoms with Crippen molar-refractivity contribution in [2.45, 2.75) is 19.0 Å². The van der Waals surface area contributed by atoms with E-state index >= 15 is 0 Å². The zero-order valence-corrected chi connectivity index (χ0v) is 14.7. The van der Waals surface area contributed by atoms with Gasteiger partial charge in [-0.1, -0.05) is 6.58 Å². The van der Waals surface area contributed by atoms with Crippen molar-refractivity contribution < 1.29 is 13.5 Å². The Bertz CT molecular complexity index is 1000. The van der Waals surface area contributed by atoms with Crippen LogP contribution in [0.25, 0.3) is 11.3 Å². The van der Waals surface area contributed by atoms with Crippen LogP contribution in [0.5, 0.6) is 5.75 Å². The first-order valence-corrected chi connectivity index (χ1v) is 8.60. The van der Waals surface area contributed by atoms with Crippen molar-refractivity contribution in [2.75, 3.05) is 18.6 Å². The smallest absolute Gasteiger partial charge is 0.166 e. The number of rotatable bonds is 1. The number of ether oxygens (including phenoxy) is 1. The molecule has 2 bridgehead atoms. The summed E-state index contributed by atoms with van der Waals surface area (Å²) in [6.07, 6.45) is 3.40. The van der Waals surface area contributed by atoms with Gasteiger partial charge in [0.1, 0.15) is 30.7 Å². The molecule has 0 spiro atoms. The molecule has 27 heavy (non-hydrogen) atoms. The molecule has 3 aromatic rings. The average Bonchev–Trinajstić information content (AvgIpc) is 3.08. The van der Waals surface area contributed by atoms with Crippen molar-refractivity contribution >= 4 is 17.2 Å². The number of halogens is 2. The van der Waals surface area contributed by atoms with E-state index < -0.39 is 12.7 Å². The highest BCUT2D eigenvalue weighted by Crippen LogP contribution is 2.29. The molecule has 140 valence electrons. The van der Waals surface area contributed by atoms with Gasteiger partial charge in [-0.3, -0.25) is 0 Å². The van der Waals surface area contributed by atoms with Crippen LogP contribution < -0.4 is 15.4 Å². The van der Waals surface area contributed by atoms with Gasteiger partial charge < -0.3 is 15.4 Å². The van der Waals surface area contributed by atoms with E-state index in [4.69, 9.17) is 4.74 Å². The van der Waals surface area contributed by atoms with E-state index in [0.717, 1.165) is 0 Å². The van der Waals surface area contributed by atoms with Gasteiger partial charge in [0.2, 0.25) is 0 Å². The molecule has 0 saturated carbocycles. The zero-order chi connectivity index (χ0) is 19.0. The molecule has 0 saturated heterocycles. The van der Waals surface area contributed by atoms with Crippen molar-refractivity contribution in [2.24, 2.45) is 0 Å². The van der Waals surface area contributed by atoms with Crippen LogP contribution in [0.4, 0.5) is 14.6 Å². The Morgan fingerprint density at radius 2 is 2.19 bits per heavy atom. The van der Waals surface area contributed by atoms with Crippen LogP contribution in [0, 0.1) is 5.82 Å². The van der Waals surface area contributed by atoms with Crippen molar-refractivity contribution in [3.8, 4) is 5.75 Å². The standard InChI is InChI=1S/C19H19F2N5O/c1-11-15-7-13(21)3-4-17(15)27-10-14(8-20)23-12(2)16-9-22-26-6-5-18(24-11)25-19(16)26/h3-7,9,11,14,23H,2,8,10H2,1H3,(H,24,25)/t11-,14-/m1/s1. The van der Waals surface area contributed by atoms with Crippen LogP contribution in [-0.2, 0) is 0 Å². The summed E-state index contributed by atoms with van der Waals surface area (Å²) in [5.41, 5.74) is 2.39. The third-order valence-electron chi connectivity index (χ3n) is 4.50. The Kier molecular flexibility index (Phi) is 4.39. The molecule has 2 N–H and O–H groups in total. The summed E-state index contributed by atoms with van der Waals surface area (Å²) in [7, 11) is 0. The number of hydrogen-bond acceptors (Lipinski definition) is 5. The topological polar surface area (TPSA) is 63.5 Å². The SMILES string of the molecule is C=C1N[C@H](CF)COc2ccc(F)cc2[C@@H](C)Nc2ccn3ncc1c3n2. The summed E-state index contributed by atoms with van der Waals surface area (Å²) >= 11 is 0. The van der Waals surface area contributed by atoms with Crippen molar-refractivity contribution in [3.63, 3.8) is 0 Å². The first-order chi connectivity index (χ1) is 13.0. The first kappa shape index (κ1) is 17.3. The lowest BCUT2D eigenvalue weighted by atomic mass is 10.1. The number of aromatic nitrogens is 3. The fourth-order valence-electron chi connectivity index (χ4n) is 3.09. The summed E-state index contributed by atoms with van der Waals surface area (Å²) in [5, 5.41) is 10.5. The molecule has 2 atom stereocenters. The van der Waals surface area contributed by atoms with Gasteiger partial charge in [-0.2, -0.15) is 5.10 Å². The fourth-order valence-corrected chi connectivity index (χ4v) is 3.09. The van der Waals surface area contributed by atoms with Crippen LogP contribution in [0.1, 0.15) is 24.1 Å². The second-order valence-corrected chi connectivity index (χ2v) is 6.47. The summed E-state index contributed by atoms with van der Waals surface area (Å²) in [5.74, 6) is 0.719. The number of alkyl halides is 1. The van der Waals surface area contributed by atoms with E-state index in [9.17, 15) is 8.78 Å². The van der Waals surface area contributed by atoms with E-state index in [1.807, 2.05) is 6.92 Å². The number of nitrogens with one attached hydrogen (secondary N) is 2. The van der Waals surface area contributed by atoms with Gasteiger partial charge in [-0.25, -0.2) is 18.3 Å². The highest BCUT2D eigenvalue weighted by Gasteiger charge is 2.19. The lowest BCUT2D eigenvalue weighted by Gasteiger charge is -2.21. The minimum atomic E-state index is -0.652. The van der Waals surface area contributed by atoms with Gasteiger partial charge in [-0.15, -0.1) is 0 Å². The molecule has 1 aliphatic heterocycles. The molecular formula is C19H19F2N5O. The van der Waals surface area contributed by atoms with Gasteiger partial charge >= 0.3 is 0 Å².